The Morgan fingerprint density at radius 1 is 1.82 bits per heavy atom. The Balaban J connectivity index is 2.20. The fourth-order valence-electron chi connectivity index (χ4n) is 1.45. The van der Waals surface area contributed by atoms with Gasteiger partial charge in [-0.15, -0.1) is 0 Å². The lowest BCUT2D eigenvalue weighted by molar-refractivity contribution is -0.118. The zero-order valence-corrected chi connectivity index (χ0v) is 6.92. The maximum atomic E-state index is 10.5. The molecule has 1 amide bonds. The van der Waals surface area contributed by atoms with Gasteiger partial charge in [-0.2, -0.15) is 0 Å². The van der Waals surface area contributed by atoms with Gasteiger partial charge in [-0.25, -0.2) is 0 Å². The molecule has 1 saturated heterocycles. The van der Waals surface area contributed by atoms with Gasteiger partial charge in [-0.3, -0.25) is 4.79 Å². The van der Waals surface area contributed by atoms with Gasteiger partial charge in [-0.1, -0.05) is 0 Å². The molecule has 0 bridgehead atoms. The lowest BCUT2D eigenvalue weighted by atomic mass is 10.1. The molecular weight excluding hydrogens is 140 g/mol. The third kappa shape index (κ3) is 2.50. The van der Waals surface area contributed by atoms with E-state index in [1.54, 1.807) is 0 Å². The van der Waals surface area contributed by atoms with E-state index in [-0.39, 0.29) is 5.91 Å². The third-order valence-corrected chi connectivity index (χ3v) is 2.20. The van der Waals surface area contributed by atoms with Crippen LogP contribution in [-0.4, -0.2) is 30.4 Å². The number of carbonyl (C=O) groups excluding carboxylic acids is 1. The number of likely N-dealkylation sites (tertiary alicyclic amines) is 1. The Morgan fingerprint density at radius 2 is 2.55 bits per heavy atom. The average Bonchev–Trinajstić information content (AvgIpc) is 2.31. The summed E-state index contributed by atoms with van der Waals surface area (Å²) in [6.07, 6.45) is 4.76. The van der Waals surface area contributed by atoms with Gasteiger partial charge in [0.05, 0.1) is 0 Å². The van der Waals surface area contributed by atoms with Gasteiger partial charge in [0.25, 0.3) is 0 Å². The van der Waals surface area contributed by atoms with Crippen molar-refractivity contribution < 1.29 is 4.79 Å². The molecule has 2 N–H and O–H groups in total. The number of hydrogen-bond acceptors (Lipinski definition) is 2. The molecule has 1 fully saturated rings. The van der Waals surface area contributed by atoms with Crippen molar-refractivity contribution >= 4 is 5.91 Å². The monoisotopic (exact) mass is 155 g/mol. The number of nitrogens with zero attached hydrogens (tertiary/aromatic N) is 1. The highest BCUT2D eigenvalue weighted by Crippen LogP contribution is 2.17. The Kier molecular flexibility index (Phi) is 2.88. The van der Waals surface area contributed by atoms with Crippen LogP contribution in [0.1, 0.15) is 19.3 Å². The summed E-state index contributed by atoms with van der Waals surface area (Å²) in [5.74, 6) is -0.190. The van der Waals surface area contributed by atoms with E-state index in [1.165, 1.54) is 0 Å². The first kappa shape index (κ1) is 8.53. The van der Waals surface area contributed by atoms with E-state index in [4.69, 9.17) is 5.73 Å². The van der Waals surface area contributed by atoms with Gasteiger partial charge in [0, 0.05) is 19.0 Å². The number of primary amides is 1. The Bertz CT molecular complexity index is 147. The lowest BCUT2D eigenvalue weighted by Gasteiger charge is -2.17. The summed E-state index contributed by atoms with van der Waals surface area (Å²) in [5, 5.41) is 0. The van der Waals surface area contributed by atoms with Gasteiger partial charge in [0.2, 0.25) is 5.91 Å². The van der Waals surface area contributed by atoms with Crippen molar-refractivity contribution in [3.63, 3.8) is 0 Å². The van der Waals surface area contributed by atoms with Crippen molar-refractivity contribution in [2.75, 3.05) is 13.6 Å². The van der Waals surface area contributed by atoms with Crippen LogP contribution in [0.5, 0.6) is 0 Å². The summed E-state index contributed by atoms with van der Waals surface area (Å²) in [7, 11) is 2.08. The molecule has 0 aliphatic carbocycles. The molecule has 1 atom stereocenters. The first-order chi connectivity index (χ1) is 5.20. The maximum absolute atomic E-state index is 10.5. The summed E-state index contributed by atoms with van der Waals surface area (Å²) in [4.78, 5) is 12.7. The van der Waals surface area contributed by atoms with Crippen LogP contribution in [0, 0.1) is 6.42 Å². The molecule has 0 spiro atoms. The molecule has 1 rings (SSSR count). The number of rotatable bonds is 3. The second-order valence-corrected chi connectivity index (χ2v) is 3.12. The summed E-state index contributed by atoms with van der Waals surface area (Å²) >= 11 is 0. The second-order valence-electron chi connectivity index (χ2n) is 3.12. The largest absolute Gasteiger partial charge is 0.370 e. The van der Waals surface area contributed by atoms with E-state index in [2.05, 4.69) is 18.4 Å². The zero-order chi connectivity index (χ0) is 8.27. The average molecular weight is 155 g/mol. The number of carbonyl (C=O) groups is 1. The molecule has 1 aliphatic rings. The van der Waals surface area contributed by atoms with E-state index < -0.39 is 0 Å². The normalized spacial score (nSPS) is 25.7. The van der Waals surface area contributed by atoms with Crippen LogP contribution in [0.2, 0.25) is 0 Å². The SMILES string of the molecule is CN1C[CH]CC1CCC(N)=O. The van der Waals surface area contributed by atoms with Crippen LogP contribution >= 0.6 is 0 Å². The second kappa shape index (κ2) is 3.72. The van der Waals surface area contributed by atoms with E-state index in [1.807, 2.05) is 0 Å². The van der Waals surface area contributed by atoms with E-state index >= 15 is 0 Å². The number of nitrogens with two attached hydrogens (primary N) is 1. The minimum atomic E-state index is -0.190. The van der Waals surface area contributed by atoms with Crippen LogP contribution in [-0.2, 0) is 4.79 Å². The van der Waals surface area contributed by atoms with E-state index in [9.17, 15) is 4.79 Å². The topological polar surface area (TPSA) is 46.3 Å². The van der Waals surface area contributed by atoms with Crippen molar-refractivity contribution in [3.8, 4) is 0 Å². The van der Waals surface area contributed by atoms with Crippen molar-refractivity contribution in [2.24, 2.45) is 5.73 Å². The molecule has 11 heavy (non-hydrogen) atoms. The number of amides is 1. The van der Waals surface area contributed by atoms with Gasteiger partial charge in [0.15, 0.2) is 0 Å². The molecule has 0 aromatic carbocycles. The summed E-state index contributed by atoms with van der Waals surface area (Å²) < 4.78 is 0. The van der Waals surface area contributed by atoms with Gasteiger partial charge >= 0.3 is 0 Å². The smallest absolute Gasteiger partial charge is 0.217 e. The Labute approximate surface area is 67.5 Å². The van der Waals surface area contributed by atoms with Gasteiger partial charge in [-0.05, 0) is 26.3 Å². The van der Waals surface area contributed by atoms with Crippen molar-refractivity contribution in [1.82, 2.24) is 4.90 Å². The molecule has 63 valence electrons. The summed E-state index contributed by atoms with van der Waals surface area (Å²) in [6, 6.07) is 0.544. The first-order valence-corrected chi connectivity index (χ1v) is 4.00. The molecule has 1 heterocycles. The van der Waals surface area contributed by atoms with Crippen LogP contribution in [0.3, 0.4) is 0 Å². The molecule has 0 saturated carbocycles. The highest BCUT2D eigenvalue weighted by atomic mass is 16.1. The summed E-state index contributed by atoms with van der Waals surface area (Å²) in [5.41, 5.74) is 5.05. The van der Waals surface area contributed by atoms with Crippen molar-refractivity contribution in [1.29, 1.82) is 0 Å². The standard InChI is InChI=1S/C8H15N2O/c1-10-6-2-3-7(10)4-5-8(9)11/h2,7H,3-6H2,1H3,(H2,9,11). The third-order valence-electron chi connectivity index (χ3n) is 2.20. The minimum Gasteiger partial charge on any atom is -0.370 e. The fourth-order valence-corrected chi connectivity index (χ4v) is 1.45. The van der Waals surface area contributed by atoms with Crippen LogP contribution in [0.4, 0.5) is 0 Å². The predicted molar refractivity (Wildman–Crippen MR) is 43.8 cm³/mol. The molecule has 3 heteroatoms. The van der Waals surface area contributed by atoms with Crippen molar-refractivity contribution in [2.45, 2.75) is 25.3 Å². The highest BCUT2D eigenvalue weighted by molar-refractivity contribution is 5.73. The highest BCUT2D eigenvalue weighted by Gasteiger charge is 2.20. The van der Waals surface area contributed by atoms with Crippen LogP contribution in [0.25, 0.3) is 0 Å². The van der Waals surface area contributed by atoms with E-state index in [0.29, 0.717) is 12.5 Å². The molecule has 1 unspecified atom stereocenters. The predicted octanol–water partition coefficient (Wildman–Crippen LogP) is 0.160. The van der Waals surface area contributed by atoms with Crippen LogP contribution in [0.15, 0.2) is 0 Å². The van der Waals surface area contributed by atoms with Crippen molar-refractivity contribution in [3.05, 3.63) is 6.42 Å². The Morgan fingerprint density at radius 3 is 3.00 bits per heavy atom. The quantitative estimate of drug-likeness (QED) is 0.631. The zero-order valence-electron chi connectivity index (χ0n) is 6.92. The molecule has 1 radical (unpaired) electrons. The van der Waals surface area contributed by atoms with Gasteiger partial charge < -0.3 is 10.6 Å². The van der Waals surface area contributed by atoms with Crippen LogP contribution < -0.4 is 5.73 Å². The fraction of sp³-hybridized carbons (Fsp3) is 0.750. The molecule has 1 aliphatic heterocycles. The van der Waals surface area contributed by atoms with E-state index in [0.717, 1.165) is 19.4 Å². The number of hydrogen-bond donors (Lipinski definition) is 1. The minimum absolute atomic E-state index is 0.190. The maximum Gasteiger partial charge on any atom is 0.217 e. The molecule has 0 aromatic rings. The Hall–Kier alpha value is -0.570. The summed E-state index contributed by atoms with van der Waals surface area (Å²) in [6.45, 7) is 1.05. The lowest BCUT2D eigenvalue weighted by Crippen LogP contribution is -2.26. The van der Waals surface area contributed by atoms with Gasteiger partial charge in [0.1, 0.15) is 0 Å². The first-order valence-electron chi connectivity index (χ1n) is 4.00. The molecule has 3 nitrogen and oxygen atoms in total. The molecular formula is C8H15N2O. The molecule has 0 aromatic heterocycles.